The topological polar surface area (TPSA) is 73.5 Å². The molecule has 160 valence electrons. The van der Waals surface area contributed by atoms with E-state index in [4.69, 9.17) is 0 Å². The minimum absolute atomic E-state index is 0.0487. The van der Waals surface area contributed by atoms with Gasteiger partial charge < -0.3 is 20.9 Å². The van der Waals surface area contributed by atoms with Crippen LogP contribution in [-0.4, -0.2) is 40.0 Å². The summed E-state index contributed by atoms with van der Waals surface area (Å²) in [6.07, 6.45) is 4.50. The standard InChI is InChI=1S/C24H32N4O2/c1-21(2,3)26-20(30)27-23-10-18-8-17-9-22(14-23,24(17,18)23)25-11-19(29)28-12-15-6-4-5-7-16(15)13-28/h4-7,17-18,25H,8-14H2,1-3H3,(H2,26,27,30). The lowest BCUT2D eigenvalue weighted by atomic mass is 9.13. The molecule has 4 aliphatic carbocycles. The minimum Gasteiger partial charge on any atom is -0.334 e. The maximum Gasteiger partial charge on any atom is 0.315 e. The van der Waals surface area contributed by atoms with Crippen molar-refractivity contribution in [1.82, 2.24) is 20.9 Å². The molecule has 4 saturated carbocycles. The second-order valence-electron chi connectivity index (χ2n) is 11.4. The molecule has 1 spiro atoms. The predicted molar refractivity (Wildman–Crippen MR) is 113 cm³/mol. The average Bonchev–Trinajstić information content (AvgIpc) is 3.03. The van der Waals surface area contributed by atoms with Crippen LogP contribution in [0.4, 0.5) is 4.79 Å². The van der Waals surface area contributed by atoms with E-state index in [1.165, 1.54) is 17.5 Å². The Kier molecular flexibility index (Phi) is 3.47. The summed E-state index contributed by atoms with van der Waals surface area (Å²) >= 11 is 0. The number of nitrogens with zero attached hydrogens (tertiary/aromatic N) is 1. The smallest absolute Gasteiger partial charge is 0.315 e. The third-order valence-corrected chi connectivity index (χ3v) is 8.85. The molecule has 5 aliphatic rings. The average molecular weight is 409 g/mol. The first-order chi connectivity index (χ1) is 14.2. The zero-order valence-electron chi connectivity index (χ0n) is 18.2. The van der Waals surface area contributed by atoms with Crippen LogP contribution in [0.15, 0.2) is 24.3 Å². The summed E-state index contributed by atoms with van der Waals surface area (Å²) in [5, 5.41) is 10.1. The molecule has 1 aliphatic heterocycles. The van der Waals surface area contributed by atoms with E-state index in [0.29, 0.717) is 18.4 Å². The summed E-state index contributed by atoms with van der Waals surface area (Å²) in [6, 6.07) is 8.27. The molecule has 5 atom stereocenters. The van der Waals surface area contributed by atoms with E-state index in [2.05, 4.69) is 28.1 Å². The molecule has 1 heterocycles. The highest BCUT2D eigenvalue weighted by Gasteiger charge is 2.94. The van der Waals surface area contributed by atoms with Gasteiger partial charge >= 0.3 is 6.03 Å². The molecule has 6 nitrogen and oxygen atoms in total. The monoisotopic (exact) mass is 408 g/mol. The summed E-state index contributed by atoms with van der Waals surface area (Å²) in [4.78, 5) is 27.5. The summed E-state index contributed by atoms with van der Waals surface area (Å²) in [6.45, 7) is 7.87. The first-order valence-corrected chi connectivity index (χ1v) is 11.4. The van der Waals surface area contributed by atoms with E-state index in [9.17, 15) is 9.59 Å². The molecule has 0 saturated heterocycles. The van der Waals surface area contributed by atoms with E-state index in [-0.39, 0.29) is 34.0 Å². The number of fused-ring (bicyclic) bond motifs is 1. The molecule has 3 N–H and O–H groups in total. The fraction of sp³-hybridized carbons (Fsp3) is 0.667. The molecular formula is C24H32N4O2. The fourth-order valence-electron chi connectivity index (χ4n) is 8.09. The van der Waals surface area contributed by atoms with Crippen LogP contribution in [0, 0.1) is 17.3 Å². The van der Waals surface area contributed by atoms with Gasteiger partial charge in [0.25, 0.3) is 0 Å². The molecule has 0 bridgehead atoms. The van der Waals surface area contributed by atoms with Gasteiger partial charge in [-0.25, -0.2) is 4.79 Å². The zero-order valence-corrected chi connectivity index (χ0v) is 18.2. The number of amides is 3. The van der Waals surface area contributed by atoms with E-state index in [0.717, 1.165) is 32.4 Å². The third kappa shape index (κ3) is 2.13. The van der Waals surface area contributed by atoms with Crippen LogP contribution < -0.4 is 16.0 Å². The van der Waals surface area contributed by atoms with Crippen molar-refractivity contribution < 1.29 is 9.59 Å². The molecule has 0 aromatic heterocycles. The van der Waals surface area contributed by atoms with Gasteiger partial charge in [0, 0.05) is 29.6 Å². The fourth-order valence-corrected chi connectivity index (χ4v) is 8.09. The molecule has 6 heteroatoms. The summed E-state index contributed by atoms with van der Waals surface area (Å²) in [7, 11) is 0. The van der Waals surface area contributed by atoms with Crippen molar-refractivity contribution in [3.8, 4) is 0 Å². The van der Waals surface area contributed by atoms with Gasteiger partial charge in [0.2, 0.25) is 5.91 Å². The van der Waals surface area contributed by atoms with Crippen molar-refractivity contribution in [2.45, 2.75) is 76.2 Å². The molecule has 6 rings (SSSR count). The number of hydrogen-bond donors (Lipinski definition) is 3. The Morgan fingerprint density at radius 3 is 2.30 bits per heavy atom. The molecular weight excluding hydrogens is 376 g/mol. The van der Waals surface area contributed by atoms with Crippen molar-refractivity contribution in [2.75, 3.05) is 6.54 Å². The Morgan fingerprint density at radius 2 is 1.70 bits per heavy atom. The number of benzene rings is 1. The predicted octanol–water partition coefficient (Wildman–Crippen LogP) is 2.53. The maximum absolute atomic E-state index is 12.9. The largest absolute Gasteiger partial charge is 0.334 e. The van der Waals surface area contributed by atoms with Crippen LogP contribution in [0.25, 0.3) is 0 Å². The first kappa shape index (κ1) is 18.7. The molecule has 1 aromatic rings. The van der Waals surface area contributed by atoms with Gasteiger partial charge in [-0.15, -0.1) is 0 Å². The van der Waals surface area contributed by atoms with Crippen molar-refractivity contribution in [2.24, 2.45) is 17.3 Å². The second kappa shape index (κ2) is 5.58. The Hall–Kier alpha value is -2.08. The van der Waals surface area contributed by atoms with Crippen LogP contribution in [-0.2, 0) is 17.9 Å². The minimum atomic E-state index is -0.237. The van der Waals surface area contributed by atoms with E-state index in [1.54, 1.807) is 0 Å². The number of carbonyl (C=O) groups excluding carboxylic acids is 2. The highest BCUT2D eigenvalue weighted by Crippen LogP contribution is 2.90. The van der Waals surface area contributed by atoms with Gasteiger partial charge in [-0.05, 0) is 69.4 Å². The number of carbonyl (C=O) groups is 2. The van der Waals surface area contributed by atoms with Gasteiger partial charge in [-0.3, -0.25) is 4.79 Å². The lowest BCUT2D eigenvalue weighted by molar-refractivity contribution is -0.412. The van der Waals surface area contributed by atoms with E-state index >= 15 is 0 Å². The Bertz CT molecular complexity index is 924. The van der Waals surface area contributed by atoms with Crippen molar-refractivity contribution in [1.29, 1.82) is 0 Å². The van der Waals surface area contributed by atoms with Crippen LogP contribution >= 0.6 is 0 Å². The third-order valence-electron chi connectivity index (χ3n) is 8.85. The number of nitrogens with one attached hydrogen (secondary N) is 3. The summed E-state index contributed by atoms with van der Waals surface area (Å²) in [5.41, 5.74) is 2.48. The zero-order chi connectivity index (χ0) is 20.9. The lowest BCUT2D eigenvalue weighted by Gasteiger charge is -2.95. The van der Waals surface area contributed by atoms with E-state index in [1.807, 2.05) is 37.8 Å². The highest BCUT2D eigenvalue weighted by atomic mass is 16.2. The SMILES string of the molecule is CC(C)(C)NC(=O)NC12CC3CC4CC(NCC(=O)N5Cc6ccccc6C5)(C1)C432. The molecule has 0 radical (unpaired) electrons. The molecule has 3 amide bonds. The Labute approximate surface area is 178 Å². The maximum atomic E-state index is 12.9. The summed E-state index contributed by atoms with van der Waals surface area (Å²) in [5.74, 6) is 1.60. The first-order valence-electron chi connectivity index (χ1n) is 11.4. The Balaban J connectivity index is 1.11. The van der Waals surface area contributed by atoms with E-state index < -0.39 is 0 Å². The molecule has 1 aromatic carbocycles. The second-order valence-corrected chi connectivity index (χ2v) is 11.4. The van der Waals surface area contributed by atoms with Gasteiger partial charge in [0.15, 0.2) is 0 Å². The van der Waals surface area contributed by atoms with Gasteiger partial charge in [0.1, 0.15) is 0 Å². The van der Waals surface area contributed by atoms with Gasteiger partial charge in [0.05, 0.1) is 12.1 Å². The van der Waals surface area contributed by atoms with Crippen LogP contribution in [0.5, 0.6) is 0 Å². The van der Waals surface area contributed by atoms with Crippen LogP contribution in [0.1, 0.15) is 57.6 Å². The van der Waals surface area contributed by atoms with Crippen LogP contribution in [0.3, 0.4) is 0 Å². The van der Waals surface area contributed by atoms with Crippen LogP contribution in [0.2, 0.25) is 0 Å². The Morgan fingerprint density at radius 1 is 1.07 bits per heavy atom. The number of hydrogen-bond acceptors (Lipinski definition) is 3. The number of urea groups is 1. The van der Waals surface area contributed by atoms with Crippen molar-refractivity contribution in [3.63, 3.8) is 0 Å². The summed E-state index contributed by atoms with van der Waals surface area (Å²) < 4.78 is 0. The molecule has 4 fully saturated rings. The molecule has 30 heavy (non-hydrogen) atoms. The molecule has 5 unspecified atom stereocenters. The van der Waals surface area contributed by atoms with Gasteiger partial charge in [-0.1, -0.05) is 24.3 Å². The highest BCUT2D eigenvalue weighted by molar-refractivity contribution is 5.80. The number of rotatable bonds is 4. The van der Waals surface area contributed by atoms with Gasteiger partial charge in [-0.2, -0.15) is 0 Å². The quantitative estimate of drug-likeness (QED) is 0.717. The lowest BCUT2D eigenvalue weighted by Crippen LogP contribution is -3.02. The van der Waals surface area contributed by atoms with Crippen molar-refractivity contribution in [3.05, 3.63) is 35.4 Å². The van der Waals surface area contributed by atoms with Crippen molar-refractivity contribution >= 4 is 11.9 Å². The normalized spacial score (nSPS) is 39.2.